The smallest absolute Gasteiger partial charge is 0.152 e. The van der Waals surface area contributed by atoms with E-state index in [0.29, 0.717) is 26.4 Å². The summed E-state index contributed by atoms with van der Waals surface area (Å²) in [6, 6.07) is 0. The fourth-order valence-electron chi connectivity index (χ4n) is 6.76. The van der Waals surface area contributed by atoms with Crippen molar-refractivity contribution in [1.29, 1.82) is 0 Å². The largest absolute Gasteiger partial charge is 0.426 e. The van der Waals surface area contributed by atoms with E-state index in [0.717, 1.165) is 12.8 Å². The fraction of sp³-hybridized carbons (Fsp3) is 0.951. The lowest BCUT2D eigenvalue weighted by atomic mass is 9.93. The van der Waals surface area contributed by atoms with E-state index in [1.165, 1.54) is 193 Å². The van der Waals surface area contributed by atoms with Crippen molar-refractivity contribution in [1.82, 2.24) is 0 Å². The maximum absolute atomic E-state index is 6.15. The standard InChI is InChI=1S/C41H80O4P2/c1-3-5-7-9-11-13-15-17-19-21-23-25-27-29-31-33-35-46-42-37-41(38-43-46)39-44-47(45-40-41)36-34-32-30-28-26-24-22-20-18-16-14-12-10-8-6-4-2/h35-36H,3-34,37-40H2,1-2H3/q+2. The van der Waals surface area contributed by atoms with Crippen LogP contribution in [0.5, 0.6) is 0 Å². The van der Waals surface area contributed by atoms with E-state index in [4.69, 9.17) is 18.1 Å². The van der Waals surface area contributed by atoms with Crippen LogP contribution < -0.4 is 0 Å². The highest BCUT2D eigenvalue weighted by molar-refractivity contribution is 7.47. The van der Waals surface area contributed by atoms with Crippen LogP contribution in [0.2, 0.25) is 0 Å². The van der Waals surface area contributed by atoms with E-state index in [-0.39, 0.29) is 5.41 Å². The summed E-state index contributed by atoms with van der Waals surface area (Å²) in [5.74, 6) is 4.60. The highest BCUT2D eigenvalue weighted by atomic mass is 31.1. The van der Waals surface area contributed by atoms with E-state index in [2.05, 4.69) is 25.4 Å². The third-order valence-corrected chi connectivity index (χ3v) is 12.8. The van der Waals surface area contributed by atoms with Crippen LogP contribution in [-0.4, -0.2) is 38.0 Å². The van der Waals surface area contributed by atoms with E-state index in [1.54, 1.807) is 0 Å². The van der Waals surface area contributed by atoms with Crippen molar-refractivity contribution in [2.24, 2.45) is 5.41 Å². The molecule has 4 nitrogen and oxygen atoms in total. The minimum atomic E-state index is -0.841. The van der Waals surface area contributed by atoms with Gasteiger partial charge in [0.25, 0.3) is 0 Å². The quantitative estimate of drug-likeness (QED) is 0.0518. The summed E-state index contributed by atoms with van der Waals surface area (Å²) >= 11 is 0. The molecule has 0 saturated carbocycles. The van der Waals surface area contributed by atoms with Gasteiger partial charge in [0.1, 0.15) is 26.4 Å². The van der Waals surface area contributed by atoms with Gasteiger partial charge in [-0.25, -0.2) is 0 Å². The summed E-state index contributed by atoms with van der Waals surface area (Å²) in [6.45, 7) is 7.41. The van der Waals surface area contributed by atoms with E-state index < -0.39 is 16.0 Å². The molecule has 0 aromatic heterocycles. The Morgan fingerprint density at radius 2 is 0.553 bits per heavy atom. The summed E-state index contributed by atoms with van der Waals surface area (Å²) in [7, 11) is -1.68. The molecule has 2 aliphatic heterocycles. The lowest BCUT2D eigenvalue weighted by molar-refractivity contribution is -0.0466. The second-order valence-corrected chi connectivity index (χ2v) is 17.9. The van der Waals surface area contributed by atoms with Gasteiger partial charge in [0.15, 0.2) is 11.6 Å². The van der Waals surface area contributed by atoms with Crippen molar-refractivity contribution in [2.45, 2.75) is 219 Å². The Kier molecular flexibility index (Phi) is 29.6. The van der Waals surface area contributed by atoms with Crippen molar-refractivity contribution in [3.05, 3.63) is 0 Å². The average molecular weight is 699 g/mol. The zero-order chi connectivity index (χ0) is 33.4. The van der Waals surface area contributed by atoms with Crippen LogP contribution in [0.15, 0.2) is 0 Å². The first-order valence-electron chi connectivity index (χ1n) is 21.0. The molecule has 2 heterocycles. The zero-order valence-corrected chi connectivity index (χ0v) is 33.4. The molecule has 47 heavy (non-hydrogen) atoms. The second kappa shape index (κ2) is 32.1. The number of hydrogen-bond acceptors (Lipinski definition) is 4. The van der Waals surface area contributed by atoms with Crippen LogP contribution >= 0.6 is 16.0 Å². The number of rotatable bonds is 32. The Hall–Kier alpha value is 0.180. The van der Waals surface area contributed by atoms with E-state index in [9.17, 15) is 0 Å². The Morgan fingerprint density at radius 1 is 0.340 bits per heavy atom. The van der Waals surface area contributed by atoms with Crippen molar-refractivity contribution >= 4 is 27.6 Å². The molecule has 2 fully saturated rings. The van der Waals surface area contributed by atoms with Crippen LogP contribution in [0.25, 0.3) is 0 Å². The highest BCUT2D eigenvalue weighted by Gasteiger charge is 2.48. The van der Waals surface area contributed by atoms with Crippen LogP contribution in [0.1, 0.15) is 219 Å². The van der Waals surface area contributed by atoms with Crippen LogP contribution in [0.3, 0.4) is 0 Å². The lowest BCUT2D eigenvalue weighted by Gasteiger charge is -2.30. The summed E-state index contributed by atoms with van der Waals surface area (Å²) in [6.07, 6.45) is 44.6. The molecule has 0 aromatic carbocycles. The Morgan fingerprint density at radius 3 is 0.787 bits per heavy atom. The van der Waals surface area contributed by atoms with Gasteiger partial charge in [-0.1, -0.05) is 194 Å². The second-order valence-electron chi connectivity index (χ2n) is 15.0. The minimum Gasteiger partial charge on any atom is -0.152 e. The Labute approximate surface area is 296 Å². The number of unbranched alkanes of at least 4 members (excludes halogenated alkanes) is 30. The minimum absolute atomic E-state index is 0.109. The van der Waals surface area contributed by atoms with Gasteiger partial charge in [0, 0.05) is 12.8 Å². The monoisotopic (exact) mass is 699 g/mol. The van der Waals surface area contributed by atoms with Crippen molar-refractivity contribution in [3.8, 4) is 0 Å². The molecule has 0 radical (unpaired) electrons. The third-order valence-electron chi connectivity index (χ3n) is 10.2. The van der Waals surface area contributed by atoms with Gasteiger partial charge in [-0.3, -0.25) is 0 Å². The van der Waals surface area contributed by atoms with Crippen molar-refractivity contribution < 1.29 is 18.1 Å². The van der Waals surface area contributed by atoms with Gasteiger partial charge in [0.2, 0.25) is 0 Å². The summed E-state index contributed by atoms with van der Waals surface area (Å²) in [5.41, 5.74) is -0.109. The maximum Gasteiger partial charge on any atom is 0.426 e. The molecule has 2 aliphatic rings. The van der Waals surface area contributed by atoms with E-state index >= 15 is 0 Å². The molecule has 0 bridgehead atoms. The van der Waals surface area contributed by atoms with Gasteiger partial charge in [-0.15, -0.1) is 0 Å². The topological polar surface area (TPSA) is 36.9 Å². The van der Waals surface area contributed by atoms with Gasteiger partial charge >= 0.3 is 16.0 Å². The van der Waals surface area contributed by atoms with Crippen LogP contribution in [0, 0.1) is 5.41 Å². The van der Waals surface area contributed by atoms with Gasteiger partial charge in [-0.2, -0.15) is 18.1 Å². The molecule has 276 valence electrons. The molecule has 6 heteroatoms. The maximum atomic E-state index is 6.15. The average Bonchev–Trinajstić information content (AvgIpc) is 3.09. The summed E-state index contributed by atoms with van der Waals surface area (Å²) in [5, 5.41) is 0. The summed E-state index contributed by atoms with van der Waals surface area (Å²) < 4.78 is 24.6. The van der Waals surface area contributed by atoms with Gasteiger partial charge in [-0.05, 0) is 12.8 Å². The molecular formula is C41H80O4P2+2. The first kappa shape index (κ1) is 43.3. The predicted molar refractivity (Wildman–Crippen MR) is 211 cm³/mol. The molecule has 0 aliphatic carbocycles. The highest BCUT2D eigenvalue weighted by Crippen LogP contribution is 2.45. The Balaban J connectivity index is 1.34. The van der Waals surface area contributed by atoms with Crippen molar-refractivity contribution in [2.75, 3.05) is 26.4 Å². The van der Waals surface area contributed by atoms with Gasteiger partial charge < -0.3 is 0 Å². The van der Waals surface area contributed by atoms with E-state index in [1.807, 2.05) is 0 Å². The Bertz CT molecular complexity index is 670. The number of hydrogen-bond donors (Lipinski definition) is 0. The molecule has 0 unspecified atom stereocenters. The fourth-order valence-corrected chi connectivity index (χ4v) is 9.72. The van der Waals surface area contributed by atoms with Crippen LogP contribution in [-0.2, 0) is 18.1 Å². The molecule has 0 amide bonds. The first-order chi connectivity index (χ1) is 23.3. The zero-order valence-electron chi connectivity index (χ0n) is 31.6. The predicted octanol–water partition coefficient (Wildman–Crippen LogP) is 14.8. The van der Waals surface area contributed by atoms with Crippen LogP contribution in [0.4, 0.5) is 0 Å². The first-order valence-corrected chi connectivity index (χ1v) is 23.5. The molecule has 1 spiro atoms. The molecule has 2 saturated heterocycles. The SMILES string of the molecule is CCCCCCCCCCCCCCCCCC=[P+]1OCC2(CO1)CO[P+](=CCCCCCCCCCCCCCCCCC)OC2. The normalized spacial score (nSPS) is 19.9. The molecule has 0 atom stereocenters. The van der Waals surface area contributed by atoms with Crippen molar-refractivity contribution in [3.63, 3.8) is 0 Å². The molecule has 2 rings (SSSR count). The third kappa shape index (κ3) is 24.9. The molecule has 0 aromatic rings. The lowest BCUT2D eigenvalue weighted by Crippen LogP contribution is -2.43. The molecule has 0 N–H and O–H groups in total. The molecular weight excluding hydrogens is 618 g/mol. The summed E-state index contributed by atoms with van der Waals surface area (Å²) in [4.78, 5) is 0. The van der Waals surface area contributed by atoms with Gasteiger partial charge in [0.05, 0.1) is 5.41 Å².